The maximum Gasteiger partial charge on any atom is 0.154 e. The molecule has 0 aromatic rings. The van der Waals surface area contributed by atoms with E-state index in [-0.39, 0.29) is 6.29 Å². The van der Waals surface area contributed by atoms with E-state index in [1.54, 1.807) is 6.08 Å². The van der Waals surface area contributed by atoms with Crippen molar-refractivity contribution in [3.63, 3.8) is 0 Å². The molecule has 0 aliphatic carbocycles. The van der Waals surface area contributed by atoms with Crippen LogP contribution in [0.25, 0.3) is 0 Å². The van der Waals surface area contributed by atoms with Crippen LogP contribution in [0.1, 0.15) is 54.4 Å². The predicted molar refractivity (Wildman–Crippen MR) is 81.2 cm³/mol. The fourth-order valence-electron chi connectivity index (χ4n) is 1.31. The monoisotopic (exact) mass is 270 g/mol. The van der Waals surface area contributed by atoms with Gasteiger partial charge in [-0.3, -0.25) is 4.79 Å². The first-order valence-corrected chi connectivity index (χ1v) is 6.95. The molecule has 0 radical (unpaired) electrons. The summed E-state index contributed by atoms with van der Waals surface area (Å²) in [6.45, 7) is 13.4. The van der Waals surface area contributed by atoms with Crippen molar-refractivity contribution in [1.82, 2.24) is 0 Å². The van der Waals surface area contributed by atoms with Gasteiger partial charge < -0.3 is 9.47 Å². The molecule has 0 aromatic carbocycles. The molecule has 3 nitrogen and oxygen atoms in total. The molecule has 19 heavy (non-hydrogen) atoms. The molecule has 0 bridgehead atoms. The maximum absolute atomic E-state index is 10.0. The Morgan fingerprint density at radius 1 is 1.11 bits per heavy atom. The lowest BCUT2D eigenvalue weighted by molar-refractivity contribution is -0.123. The van der Waals surface area contributed by atoms with E-state index in [0.717, 1.165) is 37.9 Å². The summed E-state index contributed by atoms with van der Waals surface area (Å²) < 4.78 is 10.1. The van der Waals surface area contributed by atoms with Crippen LogP contribution in [0.4, 0.5) is 0 Å². The minimum atomic E-state index is -0.0370. The molecule has 0 aromatic heterocycles. The molecule has 0 atom stereocenters. The highest BCUT2D eigenvalue weighted by Gasteiger charge is 1.94. The number of rotatable bonds is 8. The van der Waals surface area contributed by atoms with Crippen LogP contribution < -0.4 is 0 Å². The summed E-state index contributed by atoms with van der Waals surface area (Å²) >= 11 is 0. The molecular weight excluding hydrogens is 240 g/mol. The van der Waals surface area contributed by atoms with E-state index in [4.69, 9.17) is 9.47 Å². The van der Waals surface area contributed by atoms with Crippen LogP contribution in [0.2, 0.25) is 0 Å². The van der Waals surface area contributed by atoms with Gasteiger partial charge in [-0.05, 0) is 60.5 Å². The Kier molecular flexibility index (Phi) is 16.2. The van der Waals surface area contributed by atoms with Crippen molar-refractivity contribution in [3.05, 3.63) is 23.3 Å². The van der Waals surface area contributed by atoms with E-state index in [2.05, 4.69) is 19.9 Å². The largest absolute Gasteiger partial charge is 0.353 e. The third kappa shape index (κ3) is 19.6. The lowest BCUT2D eigenvalue weighted by Crippen LogP contribution is -2.11. The zero-order chi connectivity index (χ0) is 15.1. The van der Waals surface area contributed by atoms with Crippen molar-refractivity contribution < 1.29 is 14.3 Å². The summed E-state index contributed by atoms with van der Waals surface area (Å²) in [7, 11) is 0. The zero-order valence-electron chi connectivity index (χ0n) is 13.4. The van der Waals surface area contributed by atoms with Crippen molar-refractivity contribution in [2.75, 3.05) is 13.2 Å². The average molecular weight is 270 g/mol. The number of aldehydes is 1. The van der Waals surface area contributed by atoms with Gasteiger partial charge in [0.2, 0.25) is 0 Å². The van der Waals surface area contributed by atoms with Gasteiger partial charge in [0.25, 0.3) is 0 Å². The van der Waals surface area contributed by atoms with Gasteiger partial charge in [-0.2, -0.15) is 0 Å². The van der Waals surface area contributed by atoms with Crippen LogP contribution >= 0.6 is 0 Å². The molecule has 0 amide bonds. The molecule has 0 saturated carbocycles. The van der Waals surface area contributed by atoms with E-state index in [0.29, 0.717) is 0 Å². The summed E-state index contributed by atoms with van der Waals surface area (Å²) in [4.78, 5) is 10.0. The third-order valence-electron chi connectivity index (χ3n) is 2.25. The first-order chi connectivity index (χ1) is 8.97. The maximum atomic E-state index is 10.0. The number of hydrogen-bond donors (Lipinski definition) is 0. The first kappa shape index (κ1) is 20.4. The first-order valence-electron chi connectivity index (χ1n) is 6.95. The number of carbonyl (C=O) groups is 1. The molecule has 0 aliphatic rings. The Labute approximate surface area is 118 Å². The predicted octanol–water partition coefficient (Wildman–Crippen LogP) is 4.28. The Balaban J connectivity index is 0. The summed E-state index contributed by atoms with van der Waals surface area (Å²) in [5.41, 5.74) is 2.49. The van der Waals surface area contributed by atoms with Crippen LogP contribution in [-0.2, 0) is 14.3 Å². The molecule has 0 unspecified atom stereocenters. The fraction of sp³-hybridized carbons (Fsp3) is 0.688. The van der Waals surface area contributed by atoms with Crippen LogP contribution in [0.3, 0.4) is 0 Å². The number of ether oxygens (including phenoxy) is 2. The second kappa shape index (κ2) is 15.1. The summed E-state index contributed by atoms with van der Waals surface area (Å²) in [6, 6.07) is 0. The third-order valence-corrected chi connectivity index (χ3v) is 2.25. The van der Waals surface area contributed by atoms with Crippen LogP contribution in [0, 0.1) is 0 Å². The van der Waals surface area contributed by atoms with Crippen molar-refractivity contribution in [2.45, 2.75) is 60.7 Å². The van der Waals surface area contributed by atoms with Gasteiger partial charge in [0.1, 0.15) is 6.29 Å². The Hall–Kier alpha value is -0.930. The highest BCUT2D eigenvalue weighted by Crippen LogP contribution is 2.05. The molecule has 0 heterocycles. The quantitative estimate of drug-likeness (QED) is 0.286. The molecule has 0 rings (SSSR count). The average Bonchev–Trinajstić information content (AvgIpc) is 2.30. The Morgan fingerprint density at radius 2 is 1.63 bits per heavy atom. The van der Waals surface area contributed by atoms with Crippen LogP contribution in [0.15, 0.2) is 23.3 Å². The Morgan fingerprint density at radius 3 is 2.00 bits per heavy atom. The minimum Gasteiger partial charge on any atom is -0.353 e. The minimum absolute atomic E-state index is 0.0370. The fourth-order valence-corrected chi connectivity index (χ4v) is 1.31. The summed E-state index contributed by atoms with van der Waals surface area (Å²) in [5.74, 6) is 0. The van der Waals surface area contributed by atoms with Gasteiger partial charge in [-0.15, -0.1) is 0 Å². The molecule has 0 saturated heterocycles. The Bertz CT molecular complexity index is 257. The lowest BCUT2D eigenvalue weighted by atomic mass is 10.1. The van der Waals surface area contributed by atoms with Crippen molar-refractivity contribution in [2.24, 2.45) is 0 Å². The summed E-state index contributed by atoms with van der Waals surface area (Å²) in [5, 5.41) is 0. The standard InChI is InChI=1S/C10H16O.C6H14O2/c1-9(2)5-4-6-10(3)7-8-11;1-4-7-6(3)8-5-2/h5,7-8H,4,6H2,1-3H3;6H,4-5H2,1-3H3. The molecule has 3 heteroatoms. The van der Waals surface area contributed by atoms with Gasteiger partial charge in [0.05, 0.1) is 0 Å². The second-order valence-corrected chi connectivity index (χ2v) is 4.45. The lowest BCUT2D eigenvalue weighted by Gasteiger charge is -2.09. The van der Waals surface area contributed by atoms with Crippen molar-refractivity contribution in [1.29, 1.82) is 0 Å². The number of allylic oxidation sites excluding steroid dienone is 4. The summed E-state index contributed by atoms with van der Waals surface area (Å²) in [6.07, 6.45) is 6.64. The zero-order valence-corrected chi connectivity index (χ0v) is 13.4. The number of carbonyl (C=O) groups excluding carboxylic acids is 1. The van der Waals surface area contributed by atoms with Crippen LogP contribution in [-0.4, -0.2) is 25.8 Å². The van der Waals surface area contributed by atoms with Gasteiger partial charge in [-0.1, -0.05) is 17.2 Å². The van der Waals surface area contributed by atoms with Gasteiger partial charge >= 0.3 is 0 Å². The molecule has 112 valence electrons. The van der Waals surface area contributed by atoms with Crippen molar-refractivity contribution >= 4 is 6.29 Å². The molecule has 0 aliphatic heterocycles. The van der Waals surface area contributed by atoms with E-state index in [1.165, 1.54) is 5.57 Å². The normalized spacial score (nSPS) is 10.8. The van der Waals surface area contributed by atoms with E-state index >= 15 is 0 Å². The highest BCUT2D eigenvalue weighted by molar-refractivity contribution is 5.65. The topological polar surface area (TPSA) is 35.5 Å². The SMILES string of the molecule is CC(C)=CCCC(C)=CC=O.CCOC(C)OCC. The number of hydrogen-bond acceptors (Lipinski definition) is 3. The molecule has 0 spiro atoms. The van der Waals surface area contributed by atoms with E-state index < -0.39 is 0 Å². The van der Waals surface area contributed by atoms with Gasteiger partial charge in [0, 0.05) is 13.2 Å². The van der Waals surface area contributed by atoms with Crippen molar-refractivity contribution in [3.8, 4) is 0 Å². The van der Waals surface area contributed by atoms with E-state index in [9.17, 15) is 4.79 Å². The second-order valence-electron chi connectivity index (χ2n) is 4.45. The molecule has 0 N–H and O–H groups in total. The molecular formula is C16H30O3. The van der Waals surface area contributed by atoms with Gasteiger partial charge in [-0.25, -0.2) is 0 Å². The van der Waals surface area contributed by atoms with Gasteiger partial charge in [0.15, 0.2) is 6.29 Å². The van der Waals surface area contributed by atoms with E-state index in [1.807, 2.05) is 27.7 Å². The smallest absolute Gasteiger partial charge is 0.154 e. The van der Waals surface area contributed by atoms with Crippen LogP contribution in [0.5, 0.6) is 0 Å². The molecule has 0 fully saturated rings. The highest BCUT2D eigenvalue weighted by atomic mass is 16.7.